The largest absolute Gasteiger partial charge is 0.334 e. The van der Waals surface area contributed by atoms with E-state index in [2.05, 4.69) is 16.9 Å². The molecule has 0 saturated carbocycles. The smallest absolute Gasteiger partial charge is 0.319 e. The van der Waals surface area contributed by atoms with E-state index in [1.807, 2.05) is 0 Å². The third kappa shape index (κ3) is 15.1. The summed E-state index contributed by atoms with van der Waals surface area (Å²) in [4.78, 5) is 15.7. The Hall–Kier alpha value is -0.860. The van der Waals surface area contributed by atoms with Crippen LogP contribution in [0.4, 0.5) is 0 Å². The lowest BCUT2D eigenvalue weighted by molar-refractivity contribution is -0.143. The topological polar surface area (TPSA) is 38.7 Å². The Morgan fingerprint density at radius 3 is 1.84 bits per heavy atom. The zero-order chi connectivity index (χ0) is 14.2. The minimum Gasteiger partial charge on any atom is -0.319 e. The second-order valence-electron chi connectivity index (χ2n) is 5.11. The Balaban J connectivity index is 3.08. The van der Waals surface area contributed by atoms with Crippen molar-refractivity contribution in [3.8, 4) is 0 Å². The van der Waals surface area contributed by atoms with Crippen LogP contribution >= 0.6 is 0 Å². The standard InChI is InChI=1S/C16H31NO2/c1-3-5-6-7-8-9-10-11-12-13-14-15-16(18)19-17-4-2/h4H,3,5-15H2,1-2H3. The van der Waals surface area contributed by atoms with E-state index in [1.165, 1.54) is 64.0 Å². The van der Waals surface area contributed by atoms with Crippen LogP contribution in [0.15, 0.2) is 5.16 Å². The summed E-state index contributed by atoms with van der Waals surface area (Å²) in [5, 5.41) is 3.47. The van der Waals surface area contributed by atoms with Crippen LogP contribution in [0.3, 0.4) is 0 Å². The van der Waals surface area contributed by atoms with Crippen molar-refractivity contribution >= 4 is 12.2 Å². The Kier molecular flexibility index (Phi) is 14.5. The molecule has 0 amide bonds. The van der Waals surface area contributed by atoms with Crippen molar-refractivity contribution in [2.75, 3.05) is 0 Å². The third-order valence-electron chi connectivity index (χ3n) is 3.24. The Morgan fingerprint density at radius 2 is 1.37 bits per heavy atom. The summed E-state index contributed by atoms with van der Waals surface area (Å²) < 4.78 is 0. The van der Waals surface area contributed by atoms with Crippen LogP contribution in [0.5, 0.6) is 0 Å². The summed E-state index contributed by atoms with van der Waals surface area (Å²) in [6, 6.07) is 0. The lowest BCUT2D eigenvalue weighted by atomic mass is 10.1. The first-order chi connectivity index (χ1) is 9.31. The summed E-state index contributed by atoms with van der Waals surface area (Å²) in [6.07, 6.45) is 16.2. The van der Waals surface area contributed by atoms with Crippen molar-refractivity contribution in [1.82, 2.24) is 0 Å². The highest BCUT2D eigenvalue weighted by molar-refractivity contribution is 5.69. The molecular formula is C16H31NO2. The molecule has 19 heavy (non-hydrogen) atoms. The van der Waals surface area contributed by atoms with Gasteiger partial charge in [0, 0.05) is 12.6 Å². The van der Waals surface area contributed by atoms with E-state index >= 15 is 0 Å². The van der Waals surface area contributed by atoms with Gasteiger partial charge in [-0.2, -0.15) is 0 Å². The number of rotatable bonds is 13. The molecule has 112 valence electrons. The van der Waals surface area contributed by atoms with Crippen molar-refractivity contribution in [2.24, 2.45) is 5.16 Å². The van der Waals surface area contributed by atoms with Crippen LogP contribution in [-0.4, -0.2) is 12.2 Å². The number of oxime groups is 1. The third-order valence-corrected chi connectivity index (χ3v) is 3.24. The normalized spacial score (nSPS) is 11.1. The minimum absolute atomic E-state index is 0.214. The van der Waals surface area contributed by atoms with Gasteiger partial charge in [-0.1, -0.05) is 76.3 Å². The van der Waals surface area contributed by atoms with Gasteiger partial charge in [-0.3, -0.25) is 0 Å². The molecule has 0 saturated heterocycles. The summed E-state index contributed by atoms with van der Waals surface area (Å²) in [6.45, 7) is 3.99. The van der Waals surface area contributed by atoms with Gasteiger partial charge in [0.15, 0.2) is 0 Å². The second-order valence-corrected chi connectivity index (χ2v) is 5.11. The summed E-state index contributed by atoms with van der Waals surface area (Å²) in [5.74, 6) is -0.214. The lowest BCUT2D eigenvalue weighted by Gasteiger charge is -2.02. The molecule has 0 aliphatic rings. The number of hydrogen-bond donors (Lipinski definition) is 0. The number of carbonyl (C=O) groups is 1. The predicted octanol–water partition coefficient (Wildman–Crippen LogP) is 5.24. The lowest BCUT2D eigenvalue weighted by Crippen LogP contribution is -1.99. The van der Waals surface area contributed by atoms with Crippen molar-refractivity contribution in [3.05, 3.63) is 0 Å². The van der Waals surface area contributed by atoms with Gasteiger partial charge in [-0.25, -0.2) is 4.79 Å². The van der Waals surface area contributed by atoms with Gasteiger partial charge in [-0.15, -0.1) is 0 Å². The van der Waals surface area contributed by atoms with E-state index in [4.69, 9.17) is 0 Å². The Morgan fingerprint density at radius 1 is 0.895 bits per heavy atom. The molecule has 0 aromatic carbocycles. The van der Waals surface area contributed by atoms with E-state index in [1.54, 1.807) is 6.92 Å². The maximum absolute atomic E-state index is 11.1. The minimum atomic E-state index is -0.214. The Bertz CT molecular complexity index is 227. The summed E-state index contributed by atoms with van der Waals surface area (Å²) in [5.41, 5.74) is 0. The van der Waals surface area contributed by atoms with Gasteiger partial charge < -0.3 is 4.84 Å². The molecule has 0 aromatic rings. The van der Waals surface area contributed by atoms with E-state index in [9.17, 15) is 4.79 Å². The molecule has 0 bridgehead atoms. The van der Waals surface area contributed by atoms with Crippen molar-refractivity contribution in [2.45, 2.75) is 90.9 Å². The molecule has 3 nitrogen and oxygen atoms in total. The predicted molar refractivity (Wildman–Crippen MR) is 81.3 cm³/mol. The molecule has 0 N–H and O–H groups in total. The van der Waals surface area contributed by atoms with E-state index in [0.29, 0.717) is 6.42 Å². The highest BCUT2D eigenvalue weighted by atomic mass is 16.7. The molecule has 0 radical (unpaired) electrons. The molecule has 0 aliphatic carbocycles. The highest BCUT2D eigenvalue weighted by Gasteiger charge is 2.01. The maximum Gasteiger partial charge on any atom is 0.334 e. The van der Waals surface area contributed by atoms with E-state index in [0.717, 1.165) is 12.8 Å². The van der Waals surface area contributed by atoms with Gasteiger partial charge in [0.1, 0.15) is 0 Å². The fourth-order valence-electron chi connectivity index (χ4n) is 2.09. The second kappa shape index (κ2) is 15.2. The van der Waals surface area contributed by atoms with Crippen LogP contribution in [0.2, 0.25) is 0 Å². The average Bonchev–Trinajstić information content (AvgIpc) is 2.42. The van der Waals surface area contributed by atoms with Crippen molar-refractivity contribution in [1.29, 1.82) is 0 Å². The van der Waals surface area contributed by atoms with Crippen LogP contribution in [0.1, 0.15) is 90.9 Å². The zero-order valence-corrected chi connectivity index (χ0v) is 12.8. The first kappa shape index (κ1) is 18.1. The van der Waals surface area contributed by atoms with Crippen LogP contribution in [0, 0.1) is 0 Å². The first-order valence-electron chi connectivity index (χ1n) is 7.99. The fraction of sp³-hybridized carbons (Fsp3) is 0.875. The van der Waals surface area contributed by atoms with Crippen molar-refractivity contribution < 1.29 is 9.63 Å². The SMILES string of the molecule is CC=NOC(=O)CCCCCCCCCCCCC. The van der Waals surface area contributed by atoms with Crippen LogP contribution < -0.4 is 0 Å². The molecule has 0 spiro atoms. The molecule has 3 heteroatoms. The van der Waals surface area contributed by atoms with E-state index < -0.39 is 0 Å². The highest BCUT2D eigenvalue weighted by Crippen LogP contribution is 2.12. The maximum atomic E-state index is 11.1. The number of unbranched alkanes of at least 4 members (excludes halogenated alkanes) is 10. The summed E-state index contributed by atoms with van der Waals surface area (Å²) >= 11 is 0. The molecule has 0 fully saturated rings. The molecule has 0 rings (SSSR count). The monoisotopic (exact) mass is 269 g/mol. The van der Waals surface area contributed by atoms with Gasteiger partial charge in [0.25, 0.3) is 0 Å². The molecule has 0 atom stereocenters. The molecule has 0 unspecified atom stereocenters. The fourth-order valence-corrected chi connectivity index (χ4v) is 2.09. The van der Waals surface area contributed by atoms with E-state index in [-0.39, 0.29) is 5.97 Å². The van der Waals surface area contributed by atoms with Crippen LogP contribution in [0.25, 0.3) is 0 Å². The summed E-state index contributed by atoms with van der Waals surface area (Å²) in [7, 11) is 0. The molecule has 0 aliphatic heterocycles. The van der Waals surface area contributed by atoms with Crippen LogP contribution in [-0.2, 0) is 9.63 Å². The average molecular weight is 269 g/mol. The molecular weight excluding hydrogens is 238 g/mol. The van der Waals surface area contributed by atoms with Crippen molar-refractivity contribution in [3.63, 3.8) is 0 Å². The number of carbonyl (C=O) groups excluding carboxylic acids is 1. The Labute approximate surface area is 118 Å². The zero-order valence-electron chi connectivity index (χ0n) is 12.8. The quantitative estimate of drug-likeness (QED) is 0.198. The van der Waals surface area contributed by atoms with Gasteiger partial charge in [0.2, 0.25) is 0 Å². The molecule has 0 heterocycles. The first-order valence-corrected chi connectivity index (χ1v) is 7.99. The van der Waals surface area contributed by atoms with Gasteiger partial charge in [0.05, 0.1) is 0 Å². The van der Waals surface area contributed by atoms with Gasteiger partial charge in [-0.05, 0) is 13.3 Å². The van der Waals surface area contributed by atoms with Gasteiger partial charge >= 0.3 is 5.97 Å². The number of nitrogens with zero attached hydrogens (tertiary/aromatic N) is 1. The molecule has 0 aromatic heterocycles. The number of hydrogen-bond acceptors (Lipinski definition) is 3.